The van der Waals surface area contributed by atoms with E-state index in [1.807, 2.05) is 0 Å². The van der Waals surface area contributed by atoms with Gasteiger partial charge in [0.05, 0.1) is 6.61 Å². The molecule has 0 aromatic heterocycles. The Balaban J connectivity index is 1.82. The van der Waals surface area contributed by atoms with Gasteiger partial charge in [-0.05, 0) is 6.42 Å². The van der Waals surface area contributed by atoms with Gasteiger partial charge in [-0.1, -0.05) is 0 Å². The molecule has 96 valence electrons. The van der Waals surface area contributed by atoms with E-state index >= 15 is 0 Å². The molecule has 2 unspecified atom stereocenters. The summed E-state index contributed by atoms with van der Waals surface area (Å²) >= 11 is 0. The van der Waals surface area contributed by atoms with Crippen molar-refractivity contribution in [1.29, 1.82) is 0 Å². The van der Waals surface area contributed by atoms with Gasteiger partial charge in [0.1, 0.15) is 6.10 Å². The first-order chi connectivity index (χ1) is 8.16. The molecule has 2 aliphatic rings. The summed E-state index contributed by atoms with van der Waals surface area (Å²) in [5, 5.41) is 5.98. The second-order valence-corrected chi connectivity index (χ2v) is 4.53. The zero-order chi connectivity index (χ0) is 12.3. The molecule has 2 fully saturated rings. The Bertz CT molecular complexity index is 302. The molecule has 0 aromatic rings. The first kappa shape index (κ1) is 12.3. The van der Waals surface area contributed by atoms with Crippen molar-refractivity contribution in [3.63, 3.8) is 0 Å². The molecular weight excluding hydrogens is 222 g/mol. The lowest BCUT2D eigenvalue weighted by molar-refractivity contribution is -0.144. The molecule has 0 saturated carbocycles. The molecule has 2 heterocycles. The maximum absolute atomic E-state index is 12.1. The van der Waals surface area contributed by atoms with Crippen LogP contribution in [0.3, 0.4) is 0 Å². The van der Waals surface area contributed by atoms with Gasteiger partial charge in [0.2, 0.25) is 5.91 Å². The van der Waals surface area contributed by atoms with Gasteiger partial charge in [0, 0.05) is 39.1 Å². The predicted molar refractivity (Wildman–Crippen MR) is 61.4 cm³/mol. The Morgan fingerprint density at radius 3 is 2.94 bits per heavy atom. The maximum atomic E-state index is 12.1. The van der Waals surface area contributed by atoms with Gasteiger partial charge in [-0.25, -0.2) is 0 Å². The van der Waals surface area contributed by atoms with E-state index < -0.39 is 0 Å². The van der Waals surface area contributed by atoms with Gasteiger partial charge in [-0.2, -0.15) is 0 Å². The van der Waals surface area contributed by atoms with Crippen LogP contribution in [-0.4, -0.2) is 61.6 Å². The number of carbonyl (C=O) groups excluding carboxylic acids is 2. The van der Waals surface area contributed by atoms with Crippen LogP contribution in [-0.2, 0) is 14.3 Å². The molecule has 6 nitrogen and oxygen atoms in total. The average molecular weight is 241 g/mol. The van der Waals surface area contributed by atoms with Crippen LogP contribution >= 0.6 is 0 Å². The van der Waals surface area contributed by atoms with Gasteiger partial charge in [-0.3, -0.25) is 9.59 Å². The molecule has 2 amide bonds. The van der Waals surface area contributed by atoms with Crippen molar-refractivity contribution in [2.24, 2.45) is 0 Å². The third-order valence-electron chi connectivity index (χ3n) is 3.11. The summed E-state index contributed by atoms with van der Waals surface area (Å²) in [6.45, 7) is 4.76. The third-order valence-corrected chi connectivity index (χ3v) is 3.11. The fourth-order valence-electron chi connectivity index (χ4n) is 2.29. The Morgan fingerprint density at radius 1 is 1.47 bits per heavy atom. The van der Waals surface area contributed by atoms with E-state index in [-0.39, 0.29) is 24.0 Å². The monoisotopic (exact) mass is 241 g/mol. The molecule has 2 atom stereocenters. The Labute approximate surface area is 101 Å². The summed E-state index contributed by atoms with van der Waals surface area (Å²) in [7, 11) is 0. The highest BCUT2D eigenvalue weighted by Crippen LogP contribution is 2.12. The lowest BCUT2D eigenvalue weighted by Gasteiger charge is -2.27. The minimum absolute atomic E-state index is 0.0325. The van der Waals surface area contributed by atoms with Crippen LogP contribution in [0.1, 0.15) is 13.3 Å². The fourth-order valence-corrected chi connectivity index (χ4v) is 2.29. The van der Waals surface area contributed by atoms with Crippen LogP contribution in [0.4, 0.5) is 0 Å². The number of morpholine rings is 1. The van der Waals surface area contributed by atoms with E-state index in [0.717, 1.165) is 13.0 Å². The highest BCUT2D eigenvalue weighted by molar-refractivity contribution is 5.82. The molecule has 2 N–H and O–H groups in total. The van der Waals surface area contributed by atoms with Crippen LogP contribution in [0, 0.1) is 0 Å². The van der Waals surface area contributed by atoms with E-state index in [4.69, 9.17) is 4.74 Å². The number of nitrogens with zero attached hydrogens (tertiary/aromatic N) is 1. The van der Waals surface area contributed by atoms with Crippen molar-refractivity contribution < 1.29 is 14.3 Å². The largest absolute Gasteiger partial charge is 0.366 e. The minimum Gasteiger partial charge on any atom is -0.366 e. The second kappa shape index (κ2) is 5.46. The summed E-state index contributed by atoms with van der Waals surface area (Å²) in [5.41, 5.74) is 0. The number of nitrogens with one attached hydrogen (secondary N) is 2. The molecule has 0 bridgehead atoms. The zero-order valence-electron chi connectivity index (χ0n) is 10.1. The van der Waals surface area contributed by atoms with Crippen LogP contribution in [0.2, 0.25) is 0 Å². The topological polar surface area (TPSA) is 70.7 Å². The number of ether oxygens (including phenoxy) is 1. The van der Waals surface area contributed by atoms with Crippen molar-refractivity contribution in [1.82, 2.24) is 15.5 Å². The van der Waals surface area contributed by atoms with Crippen LogP contribution in [0.25, 0.3) is 0 Å². The zero-order valence-corrected chi connectivity index (χ0v) is 10.1. The Kier molecular flexibility index (Phi) is 3.96. The molecular formula is C11H19N3O3. The normalized spacial score (nSPS) is 29.1. The maximum Gasteiger partial charge on any atom is 0.253 e. The summed E-state index contributed by atoms with van der Waals surface area (Å²) in [4.78, 5) is 24.8. The van der Waals surface area contributed by atoms with Crippen LogP contribution in [0.5, 0.6) is 0 Å². The number of carbonyl (C=O) groups is 2. The third kappa shape index (κ3) is 3.17. The highest BCUT2D eigenvalue weighted by atomic mass is 16.5. The molecule has 2 saturated heterocycles. The summed E-state index contributed by atoms with van der Waals surface area (Å²) in [6.07, 6.45) is 0.464. The lowest BCUT2D eigenvalue weighted by atomic mass is 10.2. The first-order valence-electron chi connectivity index (χ1n) is 6.05. The van der Waals surface area contributed by atoms with Gasteiger partial charge in [0.25, 0.3) is 5.91 Å². The summed E-state index contributed by atoms with van der Waals surface area (Å²) < 4.78 is 5.43. The lowest BCUT2D eigenvalue weighted by Crippen LogP contribution is -2.49. The molecule has 17 heavy (non-hydrogen) atoms. The van der Waals surface area contributed by atoms with Crippen molar-refractivity contribution in [3.8, 4) is 0 Å². The van der Waals surface area contributed by atoms with Crippen molar-refractivity contribution in [2.45, 2.75) is 25.5 Å². The summed E-state index contributed by atoms with van der Waals surface area (Å²) in [5.74, 6) is -0.00932. The number of rotatable bonds is 2. The number of amides is 2. The van der Waals surface area contributed by atoms with Crippen LogP contribution < -0.4 is 10.6 Å². The van der Waals surface area contributed by atoms with E-state index in [1.54, 1.807) is 4.90 Å². The number of likely N-dealkylation sites (tertiary alicyclic amines) is 1. The standard InChI is InChI=1S/C11H19N3O3/c1-8(15)13-9-2-4-14(7-9)11(16)10-6-12-3-5-17-10/h9-10,12H,2-7H2,1H3,(H,13,15). The SMILES string of the molecule is CC(=O)NC1CCN(C(=O)C2CNCCO2)C1. The van der Waals surface area contributed by atoms with Gasteiger partial charge in [0.15, 0.2) is 0 Å². The minimum atomic E-state index is -0.361. The molecule has 0 spiro atoms. The smallest absolute Gasteiger partial charge is 0.253 e. The number of hydrogen-bond acceptors (Lipinski definition) is 4. The fraction of sp³-hybridized carbons (Fsp3) is 0.818. The molecule has 0 aromatic carbocycles. The highest BCUT2D eigenvalue weighted by Gasteiger charge is 2.32. The van der Waals surface area contributed by atoms with E-state index in [1.165, 1.54) is 6.92 Å². The van der Waals surface area contributed by atoms with Crippen molar-refractivity contribution >= 4 is 11.8 Å². The Hall–Kier alpha value is -1.14. The number of hydrogen-bond donors (Lipinski definition) is 2. The second-order valence-electron chi connectivity index (χ2n) is 4.53. The van der Waals surface area contributed by atoms with Crippen LogP contribution in [0.15, 0.2) is 0 Å². The van der Waals surface area contributed by atoms with Gasteiger partial charge >= 0.3 is 0 Å². The molecule has 6 heteroatoms. The van der Waals surface area contributed by atoms with E-state index in [0.29, 0.717) is 26.2 Å². The quantitative estimate of drug-likeness (QED) is 0.631. The van der Waals surface area contributed by atoms with E-state index in [9.17, 15) is 9.59 Å². The van der Waals surface area contributed by atoms with Crippen molar-refractivity contribution in [2.75, 3.05) is 32.8 Å². The predicted octanol–water partition coefficient (Wildman–Crippen LogP) is -1.29. The van der Waals surface area contributed by atoms with Crippen molar-refractivity contribution in [3.05, 3.63) is 0 Å². The van der Waals surface area contributed by atoms with Gasteiger partial charge in [-0.15, -0.1) is 0 Å². The molecule has 2 aliphatic heterocycles. The molecule has 0 aliphatic carbocycles. The molecule has 0 radical (unpaired) electrons. The Morgan fingerprint density at radius 2 is 2.29 bits per heavy atom. The first-order valence-corrected chi connectivity index (χ1v) is 6.05. The van der Waals surface area contributed by atoms with E-state index in [2.05, 4.69) is 10.6 Å². The molecule has 2 rings (SSSR count). The van der Waals surface area contributed by atoms with Gasteiger partial charge < -0.3 is 20.3 Å². The summed E-state index contributed by atoms with van der Waals surface area (Å²) in [6, 6.07) is 0.0907. The average Bonchev–Trinajstić information content (AvgIpc) is 2.77.